The van der Waals surface area contributed by atoms with Gasteiger partial charge in [-0.1, -0.05) is 96.1 Å². The lowest BCUT2D eigenvalue weighted by molar-refractivity contribution is -0.133. The van der Waals surface area contributed by atoms with Gasteiger partial charge in [-0.15, -0.1) is 0 Å². The van der Waals surface area contributed by atoms with Crippen molar-refractivity contribution in [3.05, 3.63) is 51.9 Å². The minimum atomic E-state index is -1.19. The monoisotopic (exact) mass is 600 g/mol. The first kappa shape index (κ1) is 36.4. The Hall–Kier alpha value is -2.84. The predicted octanol–water partition coefficient (Wildman–Crippen LogP) is 7.47. The van der Waals surface area contributed by atoms with Crippen LogP contribution in [0.25, 0.3) is 0 Å². The summed E-state index contributed by atoms with van der Waals surface area (Å²) in [7, 11) is 0. The highest BCUT2D eigenvalue weighted by molar-refractivity contribution is 5.99. The van der Waals surface area contributed by atoms with Crippen LogP contribution in [-0.4, -0.2) is 48.0 Å². The normalized spacial score (nSPS) is 15.3. The van der Waals surface area contributed by atoms with E-state index in [1.807, 2.05) is 32.0 Å². The lowest BCUT2D eigenvalue weighted by Gasteiger charge is -2.32. The minimum Gasteiger partial charge on any atom is -0.491 e. The number of aliphatic carboxylic acids is 2. The molecule has 0 aromatic heterocycles. The summed E-state index contributed by atoms with van der Waals surface area (Å²) >= 11 is 0. The molecule has 0 bridgehead atoms. The maximum atomic E-state index is 12.8. The fourth-order valence-electron chi connectivity index (χ4n) is 5.92. The number of unbranched alkanes of at least 4 members (excludes halogenated alkanes) is 12. The Labute approximate surface area is 259 Å². The Morgan fingerprint density at radius 1 is 0.884 bits per heavy atom. The number of benzene rings is 1. The molecule has 0 radical (unpaired) electrons. The topological polar surface area (TPSA) is 131 Å². The van der Waals surface area contributed by atoms with E-state index >= 15 is 0 Å². The van der Waals surface area contributed by atoms with Crippen molar-refractivity contribution in [2.45, 2.75) is 130 Å². The van der Waals surface area contributed by atoms with E-state index in [-0.39, 0.29) is 30.5 Å². The molecule has 5 N–H and O–H groups in total. The number of carboxylic acid groups (broad SMARTS) is 2. The number of dihydropyridines is 1. The number of allylic oxidation sites excluding steroid dienone is 1. The number of hydrogen-bond donors (Lipinski definition) is 4. The summed E-state index contributed by atoms with van der Waals surface area (Å²) in [4.78, 5) is 25.4. The van der Waals surface area contributed by atoms with Crippen LogP contribution >= 0.6 is 0 Å². The van der Waals surface area contributed by atoms with E-state index in [9.17, 15) is 19.8 Å². The quantitative estimate of drug-likeness (QED) is 0.0952. The molecule has 0 spiro atoms. The summed E-state index contributed by atoms with van der Waals surface area (Å²) in [6.07, 6.45) is 16.9. The number of hydrogen-bond acceptors (Lipinski definition) is 6. The number of carbonyl (C=O) groups is 2. The van der Waals surface area contributed by atoms with Gasteiger partial charge in [-0.25, -0.2) is 9.59 Å². The van der Waals surface area contributed by atoms with Crippen LogP contribution in [0.3, 0.4) is 0 Å². The van der Waals surface area contributed by atoms with E-state index in [4.69, 9.17) is 15.2 Å². The molecule has 1 atom stereocenters. The number of nitrogens with one attached hydrogen (secondary N) is 1. The highest BCUT2D eigenvalue weighted by Gasteiger charge is 2.40. The Bertz CT molecular complexity index is 1080. The van der Waals surface area contributed by atoms with E-state index in [2.05, 4.69) is 12.2 Å². The number of rotatable bonds is 23. The molecule has 0 saturated carbocycles. The van der Waals surface area contributed by atoms with Gasteiger partial charge in [0.15, 0.2) is 0 Å². The van der Waals surface area contributed by atoms with Crippen molar-refractivity contribution < 1.29 is 29.3 Å². The Morgan fingerprint density at radius 2 is 1.44 bits per heavy atom. The third-order valence-corrected chi connectivity index (χ3v) is 7.97. The highest BCUT2D eigenvalue weighted by Crippen LogP contribution is 2.44. The SMILES string of the molecule is CCCCCCCCCCCCCCCc1cccc(OC(C)C)c1C1C(C(=O)O)=C(C)NC(COCCN)=C1C(=O)O. The van der Waals surface area contributed by atoms with Crippen molar-refractivity contribution in [3.8, 4) is 5.75 Å². The van der Waals surface area contributed by atoms with Gasteiger partial charge < -0.3 is 30.7 Å². The van der Waals surface area contributed by atoms with Crippen LogP contribution in [-0.2, 0) is 20.7 Å². The number of nitrogens with two attached hydrogens (primary N) is 1. The molecule has 0 amide bonds. The third kappa shape index (κ3) is 12.0. The molecule has 0 aliphatic carbocycles. The molecule has 8 nitrogen and oxygen atoms in total. The fraction of sp³-hybridized carbons (Fsp3) is 0.657. The average Bonchev–Trinajstić information content (AvgIpc) is 2.94. The number of aryl methyl sites for hydroxylation is 1. The van der Waals surface area contributed by atoms with Crippen LogP contribution < -0.4 is 15.8 Å². The van der Waals surface area contributed by atoms with Crippen LogP contribution in [0, 0.1) is 0 Å². The first-order chi connectivity index (χ1) is 20.7. The molecule has 0 fully saturated rings. The molecule has 8 heteroatoms. The van der Waals surface area contributed by atoms with Crippen LogP contribution in [0.4, 0.5) is 0 Å². The Kier molecular flexibility index (Phi) is 17.1. The molecule has 1 heterocycles. The van der Waals surface area contributed by atoms with Crippen molar-refractivity contribution in [1.82, 2.24) is 5.32 Å². The van der Waals surface area contributed by atoms with Gasteiger partial charge in [0.05, 0.1) is 42.1 Å². The predicted molar refractivity (Wildman–Crippen MR) is 172 cm³/mol. The van der Waals surface area contributed by atoms with Crippen LogP contribution in [0.5, 0.6) is 5.75 Å². The summed E-state index contributed by atoms with van der Waals surface area (Å²) < 4.78 is 11.8. The van der Waals surface area contributed by atoms with Gasteiger partial charge in [0.2, 0.25) is 0 Å². The van der Waals surface area contributed by atoms with Gasteiger partial charge in [0, 0.05) is 17.8 Å². The zero-order chi connectivity index (χ0) is 31.6. The molecule has 1 aliphatic heterocycles. The third-order valence-electron chi connectivity index (χ3n) is 7.97. The summed E-state index contributed by atoms with van der Waals surface area (Å²) in [6.45, 7) is 8.27. The molecule has 2 rings (SSSR count). The summed E-state index contributed by atoms with van der Waals surface area (Å²) in [5.74, 6) is -2.86. The van der Waals surface area contributed by atoms with Crippen LogP contribution in [0.15, 0.2) is 40.7 Å². The van der Waals surface area contributed by atoms with Crippen molar-refractivity contribution in [3.63, 3.8) is 0 Å². The second kappa shape index (κ2) is 20.2. The van der Waals surface area contributed by atoms with Gasteiger partial charge in [-0.05, 0) is 45.2 Å². The maximum Gasteiger partial charge on any atom is 0.334 e. The lowest BCUT2D eigenvalue weighted by Crippen LogP contribution is -2.34. The molecule has 1 aromatic carbocycles. The first-order valence-corrected chi connectivity index (χ1v) is 16.5. The Morgan fingerprint density at radius 3 is 1.95 bits per heavy atom. The van der Waals surface area contributed by atoms with Gasteiger partial charge in [-0.2, -0.15) is 0 Å². The van der Waals surface area contributed by atoms with E-state index in [0.717, 1.165) is 24.8 Å². The molecule has 1 aromatic rings. The zero-order valence-electron chi connectivity index (χ0n) is 27.0. The van der Waals surface area contributed by atoms with Gasteiger partial charge in [-0.3, -0.25) is 0 Å². The Balaban J connectivity index is 2.21. The van der Waals surface area contributed by atoms with E-state index in [1.165, 1.54) is 64.2 Å². The number of ether oxygens (including phenoxy) is 2. The van der Waals surface area contributed by atoms with E-state index in [0.29, 0.717) is 35.7 Å². The van der Waals surface area contributed by atoms with E-state index in [1.54, 1.807) is 6.92 Å². The van der Waals surface area contributed by atoms with Crippen LogP contribution in [0.2, 0.25) is 0 Å². The van der Waals surface area contributed by atoms with Crippen LogP contribution in [0.1, 0.15) is 128 Å². The molecule has 0 saturated heterocycles. The summed E-state index contributed by atoms with van der Waals surface area (Å²) in [5.41, 5.74) is 7.80. The standard InChI is InChI=1S/C35H56N2O6/c1-5-6-7-8-9-10-11-12-13-14-15-16-17-19-27-20-18-21-29(43-25(2)3)31(27)33-30(34(38)39)26(4)37-28(24-42-23-22-36)32(33)35(40)41/h18,20-21,25,33,37H,5-17,19,22-24,36H2,1-4H3,(H,38,39)(H,40,41). The first-order valence-electron chi connectivity index (χ1n) is 16.5. The highest BCUT2D eigenvalue weighted by atomic mass is 16.5. The van der Waals surface area contributed by atoms with Crippen molar-refractivity contribution >= 4 is 11.9 Å². The van der Waals surface area contributed by atoms with Crippen molar-refractivity contribution in [2.24, 2.45) is 5.73 Å². The molecular formula is C35H56N2O6. The van der Waals surface area contributed by atoms with E-state index < -0.39 is 17.9 Å². The van der Waals surface area contributed by atoms with Gasteiger partial charge >= 0.3 is 11.9 Å². The second-order valence-electron chi connectivity index (χ2n) is 11.9. The molecule has 1 aliphatic rings. The van der Waals surface area contributed by atoms with Gasteiger partial charge in [0.25, 0.3) is 0 Å². The molecule has 1 unspecified atom stereocenters. The maximum absolute atomic E-state index is 12.8. The molecule has 242 valence electrons. The lowest BCUT2D eigenvalue weighted by atomic mass is 9.77. The van der Waals surface area contributed by atoms with Crippen molar-refractivity contribution in [1.29, 1.82) is 0 Å². The minimum absolute atomic E-state index is 0.00592. The largest absolute Gasteiger partial charge is 0.491 e. The fourth-order valence-corrected chi connectivity index (χ4v) is 5.92. The smallest absolute Gasteiger partial charge is 0.334 e. The average molecular weight is 601 g/mol. The van der Waals surface area contributed by atoms with Gasteiger partial charge in [0.1, 0.15) is 5.75 Å². The molecule has 43 heavy (non-hydrogen) atoms. The van der Waals surface area contributed by atoms with Crippen molar-refractivity contribution in [2.75, 3.05) is 19.8 Å². The summed E-state index contributed by atoms with van der Waals surface area (Å²) in [5, 5.41) is 23.7. The number of carboxylic acids is 2. The molecular weight excluding hydrogens is 544 g/mol. The summed E-state index contributed by atoms with van der Waals surface area (Å²) in [6, 6.07) is 5.69. The zero-order valence-corrected chi connectivity index (χ0v) is 27.0. The second-order valence-corrected chi connectivity index (χ2v) is 11.9.